The first-order valence-corrected chi connectivity index (χ1v) is 8.45. The lowest BCUT2D eigenvalue weighted by atomic mass is 10.2. The normalized spacial score (nSPS) is 10.3. The van der Waals surface area contributed by atoms with Gasteiger partial charge in [-0.05, 0) is 54.4 Å². The van der Waals surface area contributed by atoms with E-state index in [1.165, 1.54) is 12.1 Å². The van der Waals surface area contributed by atoms with Gasteiger partial charge in [-0.15, -0.1) is 0 Å². The molecule has 0 bridgehead atoms. The van der Waals surface area contributed by atoms with Gasteiger partial charge in [0.25, 0.3) is 5.91 Å². The number of halogens is 1. The lowest BCUT2D eigenvalue weighted by molar-refractivity contribution is 0.102. The Morgan fingerprint density at radius 1 is 1.11 bits per heavy atom. The van der Waals surface area contributed by atoms with Crippen molar-refractivity contribution in [2.24, 2.45) is 0 Å². The number of methoxy groups -OCH3 is 1. The number of pyridine rings is 1. The molecule has 0 atom stereocenters. The summed E-state index contributed by atoms with van der Waals surface area (Å²) in [6.07, 6.45) is 1.56. The SMILES string of the molecule is COc1ccc(C)cc1NC(=O)c1ccnc(NCc2ccc(F)cc2)c1. The zero-order valence-electron chi connectivity index (χ0n) is 15.1. The van der Waals surface area contributed by atoms with Gasteiger partial charge in [-0.1, -0.05) is 18.2 Å². The van der Waals surface area contributed by atoms with Crippen molar-refractivity contribution < 1.29 is 13.9 Å². The number of nitrogens with one attached hydrogen (secondary N) is 2. The molecule has 0 saturated heterocycles. The summed E-state index contributed by atoms with van der Waals surface area (Å²) in [6, 6.07) is 15.1. The van der Waals surface area contributed by atoms with E-state index in [4.69, 9.17) is 4.74 Å². The monoisotopic (exact) mass is 365 g/mol. The second-order valence-corrected chi connectivity index (χ2v) is 6.07. The fourth-order valence-corrected chi connectivity index (χ4v) is 2.58. The Hall–Kier alpha value is -3.41. The second kappa shape index (κ2) is 8.31. The highest BCUT2D eigenvalue weighted by Crippen LogP contribution is 2.26. The predicted octanol–water partition coefficient (Wildman–Crippen LogP) is 4.40. The Labute approximate surface area is 157 Å². The molecule has 1 aromatic heterocycles. The lowest BCUT2D eigenvalue weighted by Crippen LogP contribution is -2.13. The zero-order valence-corrected chi connectivity index (χ0v) is 15.1. The maximum absolute atomic E-state index is 13.0. The topological polar surface area (TPSA) is 63.2 Å². The van der Waals surface area contributed by atoms with Crippen LogP contribution in [0.3, 0.4) is 0 Å². The third kappa shape index (κ3) is 4.82. The molecule has 2 aromatic carbocycles. The highest BCUT2D eigenvalue weighted by Gasteiger charge is 2.11. The van der Waals surface area contributed by atoms with Gasteiger partial charge in [0.15, 0.2) is 0 Å². The molecule has 1 amide bonds. The Kier molecular flexibility index (Phi) is 5.66. The van der Waals surface area contributed by atoms with E-state index in [2.05, 4.69) is 15.6 Å². The standard InChI is InChI=1S/C21H20FN3O2/c1-14-3-8-19(27-2)18(11-14)25-21(26)16-9-10-23-20(12-16)24-13-15-4-6-17(22)7-5-15/h3-12H,13H2,1-2H3,(H,23,24)(H,25,26). The van der Waals surface area contributed by atoms with Crippen LogP contribution in [0.2, 0.25) is 0 Å². The molecule has 27 heavy (non-hydrogen) atoms. The van der Waals surface area contributed by atoms with Gasteiger partial charge >= 0.3 is 0 Å². The number of aromatic nitrogens is 1. The molecule has 0 aliphatic heterocycles. The number of nitrogens with zero attached hydrogens (tertiary/aromatic N) is 1. The number of carbonyl (C=O) groups excluding carboxylic acids is 1. The van der Waals surface area contributed by atoms with E-state index in [1.807, 2.05) is 25.1 Å². The number of hydrogen-bond donors (Lipinski definition) is 2. The van der Waals surface area contributed by atoms with Gasteiger partial charge in [0.2, 0.25) is 0 Å². The predicted molar refractivity (Wildman–Crippen MR) is 104 cm³/mol. The Bertz CT molecular complexity index is 942. The summed E-state index contributed by atoms with van der Waals surface area (Å²) in [7, 11) is 1.56. The molecule has 0 unspecified atom stereocenters. The average Bonchev–Trinajstić information content (AvgIpc) is 2.68. The van der Waals surface area contributed by atoms with Crippen LogP contribution in [0.25, 0.3) is 0 Å². The van der Waals surface area contributed by atoms with Crippen LogP contribution in [-0.4, -0.2) is 18.0 Å². The molecular formula is C21H20FN3O2. The van der Waals surface area contributed by atoms with Gasteiger partial charge in [-0.25, -0.2) is 9.37 Å². The van der Waals surface area contributed by atoms with Gasteiger partial charge < -0.3 is 15.4 Å². The molecule has 2 N–H and O–H groups in total. The lowest BCUT2D eigenvalue weighted by Gasteiger charge is -2.12. The van der Waals surface area contributed by atoms with Crippen LogP contribution in [0.15, 0.2) is 60.8 Å². The van der Waals surface area contributed by atoms with Gasteiger partial charge in [0.05, 0.1) is 12.8 Å². The average molecular weight is 365 g/mol. The van der Waals surface area contributed by atoms with E-state index in [9.17, 15) is 9.18 Å². The van der Waals surface area contributed by atoms with Crippen LogP contribution in [0.5, 0.6) is 5.75 Å². The van der Waals surface area contributed by atoms with Crippen molar-refractivity contribution >= 4 is 17.4 Å². The molecule has 1 heterocycles. The van der Waals surface area contributed by atoms with Crippen molar-refractivity contribution in [1.29, 1.82) is 0 Å². The van der Waals surface area contributed by atoms with Crippen LogP contribution in [0, 0.1) is 12.7 Å². The van der Waals surface area contributed by atoms with E-state index in [0.717, 1.165) is 11.1 Å². The van der Waals surface area contributed by atoms with Crippen molar-refractivity contribution in [2.75, 3.05) is 17.7 Å². The minimum absolute atomic E-state index is 0.258. The number of aryl methyl sites for hydroxylation is 1. The number of rotatable bonds is 6. The van der Waals surface area contributed by atoms with E-state index < -0.39 is 0 Å². The van der Waals surface area contributed by atoms with Gasteiger partial charge in [0, 0.05) is 18.3 Å². The zero-order chi connectivity index (χ0) is 19.2. The summed E-state index contributed by atoms with van der Waals surface area (Å²) in [6.45, 7) is 2.42. The third-order valence-corrected chi connectivity index (χ3v) is 4.01. The third-order valence-electron chi connectivity index (χ3n) is 4.01. The van der Waals surface area contributed by atoms with E-state index in [-0.39, 0.29) is 11.7 Å². The van der Waals surface area contributed by atoms with Crippen LogP contribution in [-0.2, 0) is 6.54 Å². The molecule has 0 spiro atoms. The molecular weight excluding hydrogens is 345 g/mol. The van der Waals surface area contributed by atoms with Crippen LogP contribution in [0.4, 0.5) is 15.9 Å². The maximum atomic E-state index is 13.0. The van der Waals surface area contributed by atoms with Crippen molar-refractivity contribution in [2.45, 2.75) is 13.5 Å². The highest BCUT2D eigenvalue weighted by atomic mass is 19.1. The quantitative estimate of drug-likeness (QED) is 0.679. The minimum atomic E-state index is -0.276. The summed E-state index contributed by atoms with van der Waals surface area (Å²) < 4.78 is 18.3. The van der Waals surface area contributed by atoms with E-state index in [0.29, 0.717) is 29.4 Å². The number of hydrogen-bond acceptors (Lipinski definition) is 4. The maximum Gasteiger partial charge on any atom is 0.255 e. The molecule has 3 rings (SSSR count). The molecule has 3 aromatic rings. The summed E-state index contributed by atoms with van der Waals surface area (Å²) in [4.78, 5) is 16.8. The minimum Gasteiger partial charge on any atom is -0.495 e. The number of anilines is 2. The van der Waals surface area contributed by atoms with Gasteiger partial charge in [0.1, 0.15) is 17.4 Å². The van der Waals surface area contributed by atoms with E-state index >= 15 is 0 Å². The van der Waals surface area contributed by atoms with Crippen LogP contribution in [0.1, 0.15) is 21.5 Å². The fraction of sp³-hybridized carbons (Fsp3) is 0.143. The second-order valence-electron chi connectivity index (χ2n) is 6.07. The smallest absolute Gasteiger partial charge is 0.255 e. The number of carbonyl (C=O) groups is 1. The number of benzene rings is 2. The number of amides is 1. The molecule has 0 saturated carbocycles. The Morgan fingerprint density at radius 3 is 2.63 bits per heavy atom. The number of ether oxygens (including phenoxy) is 1. The van der Waals surface area contributed by atoms with Crippen LogP contribution < -0.4 is 15.4 Å². The molecule has 6 heteroatoms. The molecule has 5 nitrogen and oxygen atoms in total. The van der Waals surface area contributed by atoms with Gasteiger partial charge in [-0.3, -0.25) is 4.79 Å². The largest absolute Gasteiger partial charge is 0.495 e. The summed E-state index contributed by atoms with van der Waals surface area (Å²) in [5.74, 6) is 0.620. The van der Waals surface area contributed by atoms with Crippen molar-refractivity contribution in [3.05, 3.63) is 83.3 Å². The van der Waals surface area contributed by atoms with E-state index in [1.54, 1.807) is 37.6 Å². The first-order chi connectivity index (χ1) is 13.0. The molecule has 0 aliphatic carbocycles. The van der Waals surface area contributed by atoms with Crippen molar-refractivity contribution in [3.63, 3.8) is 0 Å². The van der Waals surface area contributed by atoms with Crippen molar-refractivity contribution in [1.82, 2.24) is 4.98 Å². The Balaban J connectivity index is 1.70. The molecule has 138 valence electrons. The molecule has 0 radical (unpaired) electrons. The first kappa shape index (κ1) is 18.4. The summed E-state index contributed by atoms with van der Waals surface area (Å²) in [5.41, 5.74) is 3.01. The van der Waals surface area contributed by atoms with Gasteiger partial charge in [-0.2, -0.15) is 0 Å². The molecule has 0 fully saturated rings. The van der Waals surface area contributed by atoms with Crippen LogP contribution >= 0.6 is 0 Å². The first-order valence-electron chi connectivity index (χ1n) is 8.45. The highest BCUT2D eigenvalue weighted by molar-refractivity contribution is 6.05. The Morgan fingerprint density at radius 2 is 1.89 bits per heavy atom. The molecule has 0 aliphatic rings. The summed E-state index contributed by atoms with van der Waals surface area (Å²) in [5, 5.41) is 6.00. The van der Waals surface area contributed by atoms with Crippen molar-refractivity contribution in [3.8, 4) is 5.75 Å². The summed E-state index contributed by atoms with van der Waals surface area (Å²) >= 11 is 0. The fourth-order valence-electron chi connectivity index (χ4n) is 2.58.